The van der Waals surface area contributed by atoms with Gasteiger partial charge in [0, 0.05) is 17.9 Å². The van der Waals surface area contributed by atoms with Crippen LogP contribution in [0.5, 0.6) is 0 Å². The standard InChI is InChI=1S/C15H17NO4S/c1-2-7-16-13(17)9-12(15(16)20)21-11-5-3-10(4-6-11)8-14(18)19/h3-6,12H,2,7-9H2,1H3,(H,18,19). The van der Waals surface area contributed by atoms with Crippen LogP contribution in [-0.4, -0.2) is 39.6 Å². The van der Waals surface area contributed by atoms with Crippen LogP contribution in [0.1, 0.15) is 25.3 Å². The van der Waals surface area contributed by atoms with Gasteiger partial charge in [0.15, 0.2) is 0 Å². The van der Waals surface area contributed by atoms with E-state index in [0.29, 0.717) is 12.1 Å². The SMILES string of the molecule is CCCN1C(=O)CC(Sc2ccc(CC(=O)O)cc2)C1=O. The highest BCUT2D eigenvalue weighted by Crippen LogP contribution is 2.31. The Bertz CT molecular complexity index is 555. The van der Waals surface area contributed by atoms with Crippen LogP contribution in [0.15, 0.2) is 29.2 Å². The van der Waals surface area contributed by atoms with E-state index in [9.17, 15) is 14.4 Å². The Hall–Kier alpha value is -1.82. The second-order valence-corrected chi connectivity index (χ2v) is 6.18. The Labute approximate surface area is 127 Å². The summed E-state index contributed by atoms with van der Waals surface area (Å²) in [5.74, 6) is -1.11. The molecule has 1 atom stereocenters. The normalized spacial score (nSPS) is 18.3. The van der Waals surface area contributed by atoms with Crippen LogP contribution >= 0.6 is 11.8 Å². The monoisotopic (exact) mass is 307 g/mol. The number of imide groups is 1. The third kappa shape index (κ3) is 3.85. The highest BCUT2D eigenvalue weighted by molar-refractivity contribution is 8.00. The minimum Gasteiger partial charge on any atom is -0.481 e. The number of carbonyl (C=O) groups excluding carboxylic acids is 2. The minimum atomic E-state index is -0.873. The van der Waals surface area contributed by atoms with Crippen molar-refractivity contribution >= 4 is 29.5 Å². The number of thioether (sulfide) groups is 1. The smallest absolute Gasteiger partial charge is 0.307 e. The van der Waals surface area contributed by atoms with Crippen molar-refractivity contribution in [2.45, 2.75) is 36.3 Å². The fraction of sp³-hybridized carbons (Fsp3) is 0.400. The highest BCUT2D eigenvalue weighted by atomic mass is 32.2. The Morgan fingerprint density at radius 3 is 2.57 bits per heavy atom. The summed E-state index contributed by atoms with van der Waals surface area (Å²) in [4.78, 5) is 36.7. The number of carboxylic acid groups (broad SMARTS) is 1. The van der Waals surface area contributed by atoms with E-state index < -0.39 is 5.97 Å². The van der Waals surface area contributed by atoms with Gasteiger partial charge in [-0.15, -0.1) is 11.8 Å². The summed E-state index contributed by atoms with van der Waals surface area (Å²) >= 11 is 1.36. The summed E-state index contributed by atoms with van der Waals surface area (Å²) in [6, 6.07) is 7.06. The van der Waals surface area contributed by atoms with Gasteiger partial charge in [0.25, 0.3) is 0 Å². The van der Waals surface area contributed by atoms with E-state index in [1.54, 1.807) is 24.3 Å². The van der Waals surface area contributed by atoms with Crippen LogP contribution in [0, 0.1) is 0 Å². The molecular weight excluding hydrogens is 290 g/mol. The molecule has 1 aliphatic rings. The zero-order valence-electron chi connectivity index (χ0n) is 11.7. The number of nitrogens with zero attached hydrogens (tertiary/aromatic N) is 1. The fourth-order valence-corrected chi connectivity index (χ4v) is 3.30. The first-order valence-electron chi connectivity index (χ1n) is 6.83. The molecule has 0 spiro atoms. The van der Waals surface area contributed by atoms with E-state index in [1.807, 2.05) is 6.92 Å². The molecule has 21 heavy (non-hydrogen) atoms. The zero-order valence-corrected chi connectivity index (χ0v) is 12.6. The molecule has 1 unspecified atom stereocenters. The van der Waals surface area contributed by atoms with Gasteiger partial charge in [-0.2, -0.15) is 0 Å². The van der Waals surface area contributed by atoms with Crippen LogP contribution in [0.3, 0.4) is 0 Å². The maximum Gasteiger partial charge on any atom is 0.307 e. The van der Waals surface area contributed by atoms with Crippen LogP contribution in [-0.2, 0) is 20.8 Å². The van der Waals surface area contributed by atoms with E-state index in [0.717, 1.165) is 11.3 Å². The summed E-state index contributed by atoms with van der Waals surface area (Å²) in [5.41, 5.74) is 0.716. The average Bonchev–Trinajstić information content (AvgIpc) is 2.69. The molecule has 0 radical (unpaired) electrons. The number of aliphatic carboxylic acids is 1. The molecule has 112 valence electrons. The number of likely N-dealkylation sites (tertiary alicyclic amines) is 1. The van der Waals surface area contributed by atoms with E-state index in [2.05, 4.69) is 0 Å². The first kappa shape index (κ1) is 15.6. The van der Waals surface area contributed by atoms with Gasteiger partial charge in [-0.1, -0.05) is 19.1 Å². The molecule has 2 rings (SSSR count). The number of hydrogen-bond acceptors (Lipinski definition) is 4. The van der Waals surface area contributed by atoms with Crippen molar-refractivity contribution in [1.29, 1.82) is 0 Å². The van der Waals surface area contributed by atoms with Crippen LogP contribution in [0.4, 0.5) is 0 Å². The largest absolute Gasteiger partial charge is 0.481 e. The zero-order chi connectivity index (χ0) is 15.4. The predicted octanol–water partition coefficient (Wildman–Crippen LogP) is 1.94. The molecule has 0 saturated carbocycles. The van der Waals surface area contributed by atoms with E-state index in [1.165, 1.54) is 16.7 Å². The van der Waals surface area contributed by atoms with Crippen molar-refractivity contribution in [2.75, 3.05) is 6.54 Å². The number of carbonyl (C=O) groups is 3. The van der Waals surface area contributed by atoms with Gasteiger partial charge in [-0.05, 0) is 24.1 Å². The lowest BCUT2D eigenvalue weighted by Crippen LogP contribution is -2.31. The maximum atomic E-state index is 12.1. The lowest BCUT2D eigenvalue weighted by molar-refractivity contribution is -0.138. The molecule has 1 heterocycles. The molecule has 1 aromatic rings. The molecule has 0 aromatic heterocycles. The summed E-state index contributed by atoms with van der Waals surface area (Å²) in [6.07, 6.45) is 0.981. The molecule has 0 aliphatic carbocycles. The average molecular weight is 307 g/mol. The van der Waals surface area contributed by atoms with Gasteiger partial charge in [-0.25, -0.2) is 0 Å². The molecule has 1 saturated heterocycles. The highest BCUT2D eigenvalue weighted by Gasteiger charge is 2.38. The van der Waals surface area contributed by atoms with Gasteiger partial charge < -0.3 is 5.11 Å². The number of benzene rings is 1. The van der Waals surface area contributed by atoms with Gasteiger partial charge >= 0.3 is 5.97 Å². The third-order valence-electron chi connectivity index (χ3n) is 3.21. The third-order valence-corrected chi connectivity index (χ3v) is 4.40. The predicted molar refractivity (Wildman–Crippen MR) is 79.1 cm³/mol. The molecular formula is C15H17NO4S. The Morgan fingerprint density at radius 1 is 1.33 bits per heavy atom. The first-order valence-corrected chi connectivity index (χ1v) is 7.70. The van der Waals surface area contributed by atoms with Crippen LogP contribution < -0.4 is 0 Å². The lowest BCUT2D eigenvalue weighted by Gasteiger charge is -2.13. The van der Waals surface area contributed by atoms with Crippen molar-refractivity contribution in [2.24, 2.45) is 0 Å². The minimum absolute atomic E-state index is 0.0178. The van der Waals surface area contributed by atoms with Crippen molar-refractivity contribution in [3.8, 4) is 0 Å². The van der Waals surface area contributed by atoms with Gasteiger partial charge in [0.05, 0.1) is 11.7 Å². The summed E-state index contributed by atoms with van der Waals surface area (Å²) in [7, 11) is 0. The van der Waals surface area contributed by atoms with Crippen molar-refractivity contribution < 1.29 is 19.5 Å². The molecule has 1 N–H and O–H groups in total. The van der Waals surface area contributed by atoms with Crippen LogP contribution in [0.2, 0.25) is 0 Å². The second kappa shape index (κ2) is 6.76. The van der Waals surface area contributed by atoms with E-state index in [4.69, 9.17) is 5.11 Å². The van der Waals surface area contributed by atoms with Crippen LogP contribution in [0.25, 0.3) is 0 Å². The topological polar surface area (TPSA) is 74.7 Å². The molecule has 1 aromatic carbocycles. The molecule has 2 amide bonds. The number of carboxylic acids is 1. The maximum absolute atomic E-state index is 12.1. The fourth-order valence-electron chi connectivity index (χ4n) is 2.23. The summed E-state index contributed by atoms with van der Waals surface area (Å²) in [5, 5.41) is 8.35. The quantitative estimate of drug-likeness (QED) is 0.813. The molecule has 5 nitrogen and oxygen atoms in total. The first-order chi connectivity index (χ1) is 10.0. The molecule has 6 heteroatoms. The molecule has 1 fully saturated rings. The Kier molecular flexibility index (Phi) is 5.01. The number of rotatable bonds is 6. The van der Waals surface area contributed by atoms with Crippen molar-refractivity contribution in [3.05, 3.63) is 29.8 Å². The van der Waals surface area contributed by atoms with Crippen molar-refractivity contribution in [3.63, 3.8) is 0 Å². The van der Waals surface area contributed by atoms with Gasteiger partial charge in [0.1, 0.15) is 0 Å². The molecule has 1 aliphatic heterocycles. The Balaban J connectivity index is 2.00. The summed E-state index contributed by atoms with van der Waals surface area (Å²) < 4.78 is 0. The Morgan fingerprint density at radius 2 is 2.00 bits per heavy atom. The summed E-state index contributed by atoms with van der Waals surface area (Å²) in [6.45, 7) is 2.41. The lowest BCUT2D eigenvalue weighted by atomic mass is 10.2. The molecule has 0 bridgehead atoms. The number of amides is 2. The second-order valence-electron chi connectivity index (χ2n) is 4.91. The van der Waals surface area contributed by atoms with E-state index in [-0.39, 0.29) is 29.9 Å². The van der Waals surface area contributed by atoms with E-state index >= 15 is 0 Å². The number of hydrogen-bond donors (Lipinski definition) is 1. The van der Waals surface area contributed by atoms with Gasteiger partial charge in [0.2, 0.25) is 11.8 Å². The van der Waals surface area contributed by atoms with Crippen molar-refractivity contribution in [1.82, 2.24) is 4.90 Å². The van der Waals surface area contributed by atoms with Gasteiger partial charge in [-0.3, -0.25) is 19.3 Å².